The van der Waals surface area contributed by atoms with Crippen LogP contribution in [0.2, 0.25) is 0 Å². The van der Waals surface area contributed by atoms with Crippen molar-refractivity contribution < 1.29 is 17.9 Å². The van der Waals surface area contributed by atoms with Gasteiger partial charge in [0.1, 0.15) is 0 Å². The minimum atomic E-state index is -3.13. The molecule has 0 N–H and O–H groups in total. The lowest BCUT2D eigenvalue weighted by atomic mass is 10.0. The topological polar surface area (TPSA) is 66.9 Å². The van der Waals surface area contributed by atoms with Crippen LogP contribution in [0.15, 0.2) is 0 Å². The van der Waals surface area contributed by atoms with Gasteiger partial charge in [-0.05, 0) is 11.8 Å². The fraction of sp³-hybridized carbons (Fsp3) is 0.938. The summed E-state index contributed by atoms with van der Waals surface area (Å²) in [4.78, 5) is 16.6. The summed E-state index contributed by atoms with van der Waals surface area (Å²) in [5, 5.41) is 0. The highest BCUT2D eigenvalue weighted by atomic mass is 32.2. The van der Waals surface area contributed by atoms with Crippen molar-refractivity contribution in [3.05, 3.63) is 0 Å². The Morgan fingerprint density at radius 2 is 1.87 bits per heavy atom. The van der Waals surface area contributed by atoms with Crippen molar-refractivity contribution in [3.8, 4) is 0 Å². The predicted octanol–water partition coefficient (Wildman–Crippen LogP) is 0.626. The van der Waals surface area contributed by atoms with Crippen molar-refractivity contribution in [2.75, 3.05) is 50.9 Å². The van der Waals surface area contributed by atoms with Gasteiger partial charge in [0.2, 0.25) is 5.91 Å². The number of rotatable bonds is 6. The molecule has 2 rings (SSSR count). The molecule has 0 radical (unpaired) electrons. The number of carbonyl (C=O) groups is 1. The molecule has 2 fully saturated rings. The second-order valence-corrected chi connectivity index (χ2v) is 9.48. The Morgan fingerprint density at radius 1 is 1.22 bits per heavy atom. The van der Waals surface area contributed by atoms with Gasteiger partial charge in [0, 0.05) is 38.6 Å². The van der Waals surface area contributed by atoms with Crippen LogP contribution < -0.4 is 0 Å². The SMILES string of the molecule is CC(C)CS(=O)(=O)CCC(=O)N1CC(C)C(N2CCOCC2)C1. The fourth-order valence-electron chi connectivity index (χ4n) is 3.53. The summed E-state index contributed by atoms with van der Waals surface area (Å²) in [5.74, 6) is 0.626. The van der Waals surface area contributed by atoms with Gasteiger partial charge in [0.15, 0.2) is 9.84 Å². The molecule has 134 valence electrons. The van der Waals surface area contributed by atoms with Crippen molar-refractivity contribution in [1.29, 1.82) is 0 Å². The zero-order valence-corrected chi connectivity index (χ0v) is 15.3. The van der Waals surface area contributed by atoms with Gasteiger partial charge in [0.25, 0.3) is 0 Å². The van der Waals surface area contributed by atoms with E-state index in [0.717, 1.165) is 32.8 Å². The Kier molecular flexibility index (Phi) is 6.45. The highest BCUT2D eigenvalue weighted by Crippen LogP contribution is 2.23. The summed E-state index contributed by atoms with van der Waals surface area (Å²) < 4.78 is 29.3. The van der Waals surface area contributed by atoms with Gasteiger partial charge in [-0.3, -0.25) is 9.69 Å². The largest absolute Gasteiger partial charge is 0.379 e. The number of nitrogens with zero attached hydrogens (tertiary/aromatic N) is 2. The maximum absolute atomic E-state index is 12.4. The molecule has 23 heavy (non-hydrogen) atoms. The van der Waals surface area contributed by atoms with Crippen molar-refractivity contribution in [2.45, 2.75) is 33.2 Å². The van der Waals surface area contributed by atoms with Crippen LogP contribution in [0, 0.1) is 11.8 Å². The third-order valence-electron chi connectivity index (χ3n) is 4.65. The predicted molar refractivity (Wildman–Crippen MR) is 90.0 cm³/mol. The lowest BCUT2D eigenvalue weighted by molar-refractivity contribution is -0.130. The van der Waals surface area contributed by atoms with Crippen molar-refractivity contribution in [1.82, 2.24) is 9.80 Å². The molecular formula is C16H30N2O4S. The molecule has 6 nitrogen and oxygen atoms in total. The quantitative estimate of drug-likeness (QED) is 0.706. The van der Waals surface area contributed by atoms with Gasteiger partial charge >= 0.3 is 0 Å². The normalized spacial score (nSPS) is 26.9. The molecule has 2 saturated heterocycles. The summed E-state index contributed by atoms with van der Waals surface area (Å²) in [6, 6.07) is 0.370. The second-order valence-electron chi connectivity index (χ2n) is 7.25. The molecule has 0 bridgehead atoms. The number of hydrogen-bond donors (Lipinski definition) is 0. The number of ether oxygens (including phenoxy) is 1. The van der Waals surface area contributed by atoms with Crippen LogP contribution >= 0.6 is 0 Å². The Labute approximate surface area is 140 Å². The number of likely N-dealkylation sites (tertiary alicyclic amines) is 1. The first-order valence-electron chi connectivity index (χ1n) is 8.58. The summed E-state index contributed by atoms with van der Waals surface area (Å²) in [6.07, 6.45) is 0.109. The highest BCUT2D eigenvalue weighted by molar-refractivity contribution is 7.91. The van der Waals surface area contributed by atoms with Crippen LogP contribution in [-0.2, 0) is 19.4 Å². The number of sulfone groups is 1. The van der Waals surface area contributed by atoms with Crippen LogP contribution in [-0.4, -0.2) is 81.1 Å². The molecule has 2 heterocycles. The summed E-state index contributed by atoms with van der Waals surface area (Å²) in [6.45, 7) is 10.7. The molecule has 2 aliphatic heterocycles. The van der Waals surface area contributed by atoms with E-state index in [1.54, 1.807) is 0 Å². The van der Waals surface area contributed by atoms with Crippen molar-refractivity contribution >= 4 is 15.7 Å². The van der Waals surface area contributed by atoms with Crippen LogP contribution in [0.4, 0.5) is 0 Å². The number of morpholine rings is 1. The van der Waals surface area contributed by atoms with E-state index < -0.39 is 9.84 Å². The molecule has 2 aliphatic rings. The third-order valence-corrected chi connectivity index (χ3v) is 6.65. The molecular weight excluding hydrogens is 316 g/mol. The lowest BCUT2D eigenvalue weighted by Crippen LogP contribution is -2.47. The average molecular weight is 346 g/mol. The minimum Gasteiger partial charge on any atom is -0.379 e. The Morgan fingerprint density at radius 3 is 2.48 bits per heavy atom. The van der Waals surface area contributed by atoms with Crippen molar-refractivity contribution in [2.24, 2.45) is 11.8 Å². The monoisotopic (exact) mass is 346 g/mol. The zero-order chi connectivity index (χ0) is 17.0. The van der Waals surface area contributed by atoms with E-state index in [9.17, 15) is 13.2 Å². The van der Waals surface area contributed by atoms with Gasteiger partial charge in [-0.1, -0.05) is 20.8 Å². The van der Waals surface area contributed by atoms with Gasteiger partial charge in [-0.2, -0.15) is 0 Å². The fourth-order valence-corrected chi connectivity index (χ4v) is 5.20. The van der Waals surface area contributed by atoms with E-state index in [1.165, 1.54) is 0 Å². The van der Waals surface area contributed by atoms with E-state index >= 15 is 0 Å². The van der Waals surface area contributed by atoms with Crippen LogP contribution in [0.25, 0.3) is 0 Å². The molecule has 0 saturated carbocycles. The Hall–Kier alpha value is -0.660. The molecule has 0 aromatic rings. The maximum Gasteiger partial charge on any atom is 0.223 e. The summed E-state index contributed by atoms with van der Waals surface area (Å²) in [5.41, 5.74) is 0. The minimum absolute atomic E-state index is 0.0278. The molecule has 0 spiro atoms. The second kappa shape index (κ2) is 7.94. The molecule has 0 aromatic heterocycles. The maximum atomic E-state index is 12.4. The Balaban J connectivity index is 1.84. The average Bonchev–Trinajstić information content (AvgIpc) is 2.86. The van der Waals surface area contributed by atoms with E-state index in [1.807, 2.05) is 18.7 Å². The van der Waals surface area contributed by atoms with E-state index in [4.69, 9.17) is 4.74 Å². The molecule has 1 amide bonds. The lowest BCUT2D eigenvalue weighted by Gasteiger charge is -2.34. The van der Waals surface area contributed by atoms with Crippen LogP contribution in [0.1, 0.15) is 27.2 Å². The first-order chi connectivity index (χ1) is 10.8. The van der Waals surface area contributed by atoms with Gasteiger partial charge in [-0.15, -0.1) is 0 Å². The summed E-state index contributed by atoms with van der Waals surface area (Å²) >= 11 is 0. The van der Waals surface area contributed by atoms with Crippen LogP contribution in [0.5, 0.6) is 0 Å². The molecule has 0 aromatic carbocycles. The third kappa shape index (κ3) is 5.43. The Bertz CT molecular complexity index is 500. The van der Waals surface area contributed by atoms with Gasteiger partial charge < -0.3 is 9.64 Å². The van der Waals surface area contributed by atoms with E-state index in [2.05, 4.69) is 11.8 Å². The number of amides is 1. The molecule has 0 aliphatic carbocycles. The first kappa shape index (κ1) is 18.7. The van der Waals surface area contributed by atoms with E-state index in [-0.39, 0.29) is 29.8 Å². The molecule has 2 unspecified atom stereocenters. The highest BCUT2D eigenvalue weighted by Gasteiger charge is 2.36. The van der Waals surface area contributed by atoms with Crippen molar-refractivity contribution in [3.63, 3.8) is 0 Å². The zero-order valence-electron chi connectivity index (χ0n) is 14.5. The van der Waals surface area contributed by atoms with E-state index in [0.29, 0.717) is 18.5 Å². The number of carbonyl (C=O) groups excluding carboxylic acids is 1. The summed E-state index contributed by atoms with van der Waals surface area (Å²) in [7, 11) is -3.13. The molecule has 2 atom stereocenters. The first-order valence-corrected chi connectivity index (χ1v) is 10.4. The smallest absolute Gasteiger partial charge is 0.223 e. The standard InChI is InChI=1S/C16H30N2O4S/c1-13(2)12-23(20,21)9-4-16(19)18-10-14(3)15(11-18)17-5-7-22-8-6-17/h13-15H,4-12H2,1-3H3. The van der Waals surface area contributed by atoms with Gasteiger partial charge in [-0.25, -0.2) is 8.42 Å². The molecule has 7 heteroatoms. The van der Waals surface area contributed by atoms with Gasteiger partial charge in [0.05, 0.1) is 24.7 Å². The number of hydrogen-bond acceptors (Lipinski definition) is 5. The van der Waals surface area contributed by atoms with Crippen LogP contribution in [0.3, 0.4) is 0 Å².